The Hall–Kier alpha value is -1.83. The lowest BCUT2D eigenvalue weighted by molar-refractivity contribution is 1.15. The Kier molecular flexibility index (Phi) is 3.43. The second kappa shape index (κ2) is 5.00. The fourth-order valence-electron chi connectivity index (χ4n) is 1.27. The van der Waals surface area contributed by atoms with E-state index in [1.54, 1.807) is 18.2 Å². The van der Waals surface area contributed by atoms with Crippen molar-refractivity contribution in [1.29, 1.82) is 5.26 Å². The van der Waals surface area contributed by atoms with Crippen LogP contribution >= 0.6 is 23.2 Å². The van der Waals surface area contributed by atoms with E-state index in [1.165, 1.54) is 12.5 Å². The van der Waals surface area contributed by atoms with Gasteiger partial charge in [0.1, 0.15) is 18.0 Å². The van der Waals surface area contributed by atoms with Crippen molar-refractivity contribution < 1.29 is 0 Å². The lowest BCUT2D eigenvalue weighted by atomic mass is 10.3. The van der Waals surface area contributed by atoms with Crippen molar-refractivity contribution in [2.24, 2.45) is 0 Å². The summed E-state index contributed by atoms with van der Waals surface area (Å²) in [5.41, 5.74) is 1.02. The van der Waals surface area contributed by atoms with Crippen LogP contribution in [0.15, 0.2) is 30.7 Å². The van der Waals surface area contributed by atoms with Crippen molar-refractivity contribution in [1.82, 2.24) is 9.97 Å². The van der Waals surface area contributed by atoms with Gasteiger partial charge < -0.3 is 5.32 Å². The second-order valence-electron chi connectivity index (χ2n) is 3.18. The summed E-state index contributed by atoms with van der Waals surface area (Å²) in [6.07, 6.45) is 2.79. The summed E-state index contributed by atoms with van der Waals surface area (Å²) in [5, 5.41) is 12.9. The molecule has 1 aromatic carbocycles. The molecule has 0 aliphatic heterocycles. The molecule has 0 aliphatic rings. The summed E-state index contributed by atoms with van der Waals surface area (Å²) >= 11 is 11.7. The first-order chi connectivity index (χ1) is 8.19. The van der Waals surface area contributed by atoms with Crippen LogP contribution in [0.4, 0.5) is 11.5 Å². The van der Waals surface area contributed by atoms with E-state index in [4.69, 9.17) is 28.5 Å². The normalized spacial score (nSPS) is 9.71. The smallest absolute Gasteiger partial charge is 0.151 e. The SMILES string of the molecule is N#Cc1cncnc1Nc1cc(Cl)cc(Cl)c1. The predicted molar refractivity (Wildman–Crippen MR) is 66.5 cm³/mol. The Bertz CT molecular complexity index is 572. The maximum absolute atomic E-state index is 8.88. The summed E-state index contributed by atoms with van der Waals surface area (Å²) < 4.78 is 0. The van der Waals surface area contributed by atoms with Crippen LogP contribution in [0.2, 0.25) is 10.0 Å². The summed E-state index contributed by atoms with van der Waals surface area (Å²) in [6.45, 7) is 0. The van der Waals surface area contributed by atoms with Gasteiger partial charge in [0.05, 0.1) is 6.20 Å². The van der Waals surface area contributed by atoms with Crippen molar-refractivity contribution >= 4 is 34.7 Å². The fourth-order valence-corrected chi connectivity index (χ4v) is 1.80. The zero-order valence-corrected chi connectivity index (χ0v) is 10.00. The van der Waals surface area contributed by atoms with E-state index in [2.05, 4.69) is 15.3 Å². The number of nitrogens with one attached hydrogen (secondary N) is 1. The van der Waals surface area contributed by atoms with E-state index in [0.717, 1.165) is 0 Å². The van der Waals surface area contributed by atoms with Crippen LogP contribution in [0.5, 0.6) is 0 Å². The van der Waals surface area contributed by atoms with Gasteiger partial charge in [0.15, 0.2) is 5.82 Å². The van der Waals surface area contributed by atoms with Crippen LogP contribution in [-0.2, 0) is 0 Å². The molecule has 0 fully saturated rings. The average molecular weight is 265 g/mol. The maximum Gasteiger partial charge on any atom is 0.151 e. The van der Waals surface area contributed by atoms with Crippen LogP contribution < -0.4 is 5.32 Å². The zero-order valence-electron chi connectivity index (χ0n) is 8.48. The molecule has 0 saturated heterocycles. The molecule has 1 heterocycles. The Morgan fingerprint density at radius 2 is 1.88 bits per heavy atom. The molecule has 84 valence electrons. The standard InChI is InChI=1S/C11H6Cl2N4/c12-8-1-9(13)3-10(2-8)17-11-7(4-14)5-15-6-16-11/h1-3,5-6H,(H,15,16,17). The highest BCUT2D eigenvalue weighted by atomic mass is 35.5. The molecule has 6 heteroatoms. The van der Waals surface area contributed by atoms with Gasteiger partial charge in [0.2, 0.25) is 0 Å². The molecule has 2 aromatic rings. The molecule has 1 aromatic heterocycles. The minimum atomic E-state index is 0.351. The largest absolute Gasteiger partial charge is 0.339 e. The Balaban J connectivity index is 2.35. The molecular formula is C11H6Cl2N4. The molecular weight excluding hydrogens is 259 g/mol. The lowest BCUT2D eigenvalue weighted by Gasteiger charge is -2.07. The number of hydrogen-bond acceptors (Lipinski definition) is 4. The second-order valence-corrected chi connectivity index (χ2v) is 4.05. The summed E-state index contributed by atoms with van der Waals surface area (Å²) in [5.74, 6) is 0.417. The van der Waals surface area contributed by atoms with Gasteiger partial charge in [-0.15, -0.1) is 0 Å². The molecule has 4 nitrogen and oxygen atoms in total. The predicted octanol–water partition coefficient (Wildman–Crippen LogP) is 3.40. The maximum atomic E-state index is 8.88. The molecule has 2 rings (SSSR count). The van der Waals surface area contributed by atoms with E-state index in [0.29, 0.717) is 27.1 Å². The Morgan fingerprint density at radius 1 is 1.18 bits per heavy atom. The van der Waals surface area contributed by atoms with Crippen molar-refractivity contribution in [2.75, 3.05) is 5.32 Å². The molecule has 0 unspecified atom stereocenters. The van der Waals surface area contributed by atoms with Crippen molar-refractivity contribution in [3.8, 4) is 6.07 Å². The molecule has 0 atom stereocenters. The Labute approximate surface area is 108 Å². The first-order valence-electron chi connectivity index (χ1n) is 4.62. The van der Waals surface area contributed by atoms with Crippen molar-refractivity contribution in [3.05, 3.63) is 46.3 Å². The highest BCUT2D eigenvalue weighted by Crippen LogP contribution is 2.25. The number of aromatic nitrogens is 2. The lowest BCUT2D eigenvalue weighted by Crippen LogP contribution is -1.97. The van der Waals surface area contributed by atoms with E-state index < -0.39 is 0 Å². The van der Waals surface area contributed by atoms with Crippen LogP contribution in [0, 0.1) is 11.3 Å². The van der Waals surface area contributed by atoms with E-state index in [1.807, 2.05) is 6.07 Å². The molecule has 17 heavy (non-hydrogen) atoms. The quantitative estimate of drug-likeness (QED) is 0.903. The Morgan fingerprint density at radius 3 is 2.53 bits per heavy atom. The highest BCUT2D eigenvalue weighted by Gasteiger charge is 2.04. The molecule has 1 N–H and O–H groups in total. The van der Waals surface area contributed by atoms with Crippen LogP contribution in [-0.4, -0.2) is 9.97 Å². The number of halogens is 2. The van der Waals surface area contributed by atoms with Gasteiger partial charge in [-0.05, 0) is 18.2 Å². The minimum Gasteiger partial charge on any atom is -0.339 e. The fraction of sp³-hybridized carbons (Fsp3) is 0. The monoisotopic (exact) mass is 264 g/mol. The van der Waals surface area contributed by atoms with Crippen LogP contribution in [0.3, 0.4) is 0 Å². The number of anilines is 2. The first-order valence-corrected chi connectivity index (χ1v) is 5.38. The number of hydrogen-bond donors (Lipinski definition) is 1. The van der Waals surface area contributed by atoms with Crippen molar-refractivity contribution in [2.45, 2.75) is 0 Å². The van der Waals surface area contributed by atoms with Gasteiger partial charge in [0, 0.05) is 15.7 Å². The molecule has 0 saturated carbocycles. The van der Waals surface area contributed by atoms with Gasteiger partial charge in [-0.1, -0.05) is 23.2 Å². The van der Waals surface area contributed by atoms with E-state index in [9.17, 15) is 0 Å². The van der Waals surface area contributed by atoms with Gasteiger partial charge in [-0.3, -0.25) is 0 Å². The van der Waals surface area contributed by atoms with E-state index >= 15 is 0 Å². The van der Waals surface area contributed by atoms with Crippen LogP contribution in [0.25, 0.3) is 0 Å². The van der Waals surface area contributed by atoms with Gasteiger partial charge in [-0.25, -0.2) is 9.97 Å². The van der Waals surface area contributed by atoms with Gasteiger partial charge >= 0.3 is 0 Å². The van der Waals surface area contributed by atoms with Crippen molar-refractivity contribution in [3.63, 3.8) is 0 Å². The third kappa shape index (κ3) is 2.84. The molecule has 0 bridgehead atoms. The van der Waals surface area contributed by atoms with Gasteiger partial charge in [0.25, 0.3) is 0 Å². The minimum absolute atomic E-state index is 0.351. The topological polar surface area (TPSA) is 61.6 Å². The van der Waals surface area contributed by atoms with E-state index in [-0.39, 0.29) is 0 Å². The first kappa shape index (κ1) is 11.6. The third-order valence-corrected chi connectivity index (χ3v) is 2.39. The molecule has 0 amide bonds. The highest BCUT2D eigenvalue weighted by molar-refractivity contribution is 6.35. The third-order valence-electron chi connectivity index (χ3n) is 1.96. The number of nitrogens with zero attached hydrogens (tertiary/aromatic N) is 3. The summed E-state index contributed by atoms with van der Waals surface area (Å²) in [7, 11) is 0. The molecule has 0 aliphatic carbocycles. The zero-order chi connectivity index (χ0) is 12.3. The number of benzene rings is 1. The van der Waals surface area contributed by atoms with Gasteiger partial charge in [-0.2, -0.15) is 5.26 Å². The number of nitriles is 1. The molecule has 0 spiro atoms. The molecule has 0 radical (unpaired) electrons. The van der Waals surface area contributed by atoms with Crippen LogP contribution in [0.1, 0.15) is 5.56 Å². The number of rotatable bonds is 2. The summed E-state index contributed by atoms with van der Waals surface area (Å²) in [6, 6.07) is 7.00. The summed E-state index contributed by atoms with van der Waals surface area (Å²) in [4.78, 5) is 7.74. The average Bonchev–Trinajstić information content (AvgIpc) is 2.28.